The SMILES string of the molecule is CCC(CO)(CO)CCOCCCO. The van der Waals surface area contributed by atoms with Crippen LogP contribution in [-0.2, 0) is 4.74 Å². The van der Waals surface area contributed by atoms with Crippen LogP contribution in [0.4, 0.5) is 0 Å². The Labute approximate surface area is 85.5 Å². The van der Waals surface area contributed by atoms with Gasteiger partial charge in [0.2, 0.25) is 0 Å². The number of hydrogen-bond donors (Lipinski definition) is 3. The van der Waals surface area contributed by atoms with E-state index in [1.807, 2.05) is 6.92 Å². The maximum Gasteiger partial charge on any atom is 0.0510 e. The van der Waals surface area contributed by atoms with Gasteiger partial charge in [-0.3, -0.25) is 0 Å². The van der Waals surface area contributed by atoms with Crippen molar-refractivity contribution in [2.45, 2.75) is 26.2 Å². The molecule has 0 spiro atoms. The number of rotatable bonds is 9. The van der Waals surface area contributed by atoms with Crippen molar-refractivity contribution in [2.75, 3.05) is 33.0 Å². The van der Waals surface area contributed by atoms with E-state index in [0.717, 1.165) is 6.42 Å². The van der Waals surface area contributed by atoms with Crippen LogP contribution in [0.1, 0.15) is 26.2 Å². The molecule has 0 aliphatic heterocycles. The van der Waals surface area contributed by atoms with Gasteiger partial charge >= 0.3 is 0 Å². The Balaban J connectivity index is 3.61. The van der Waals surface area contributed by atoms with Crippen molar-refractivity contribution >= 4 is 0 Å². The van der Waals surface area contributed by atoms with Crippen LogP contribution in [0.3, 0.4) is 0 Å². The smallest absolute Gasteiger partial charge is 0.0510 e. The number of ether oxygens (including phenoxy) is 1. The summed E-state index contributed by atoms with van der Waals surface area (Å²) < 4.78 is 5.25. The zero-order chi connectivity index (χ0) is 10.9. The summed E-state index contributed by atoms with van der Waals surface area (Å²) in [5, 5.41) is 26.8. The summed E-state index contributed by atoms with van der Waals surface area (Å²) in [5.74, 6) is 0. The van der Waals surface area contributed by atoms with E-state index in [2.05, 4.69) is 0 Å². The Morgan fingerprint density at radius 2 is 1.71 bits per heavy atom. The van der Waals surface area contributed by atoms with E-state index in [0.29, 0.717) is 26.1 Å². The normalized spacial score (nSPS) is 12.0. The topological polar surface area (TPSA) is 69.9 Å². The second kappa shape index (κ2) is 8.17. The Morgan fingerprint density at radius 3 is 2.14 bits per heavy atom. The van der Waals surface area contributed by atoms with Crippen molar-refractivity contribution < 1.29 is 20.1 Å². The molecular weight excluding hydrogens is 184 g/mol. The van der Waals surface area contributed by atoms with Gasteiger partial charge in [-0.15, -0.1) is 0 Å². The first-order chi connectivity index (χ1) is 6.74. The van der Waals surface area contributed by atoms with Gasteiger partial charge in [-0.2, -0.15) is 0 Å². The molecule has 0 rings (SSSR count). The third-order valence-corrected chi connectivity index (χ3v) is 2.64. The molecule has 0 aromatic rings. The molecule has 0 atom stereocenters. The van der Waals surface area contributed by atoms with Gasteiger partial charge in [0.25, 0.3) is 0 Å². The Morgan fingerprint density at radius 1 is 1.07 bits per heavy atom. The van der Waals surface area contributed by atoms with Crippen molar-refractivity contribution in [1.82, 2.24) is 0 Å². The highest BCUT2D eigenvalue weighted by molar-refractivity contribution is 4.75. The number of aliphatic hydroxyl groups excluding tert-OH is 3. The Bertz CT molecular complexity index is 115. The number of hydrogen-bond acceptors (Lipinski definition) is 4. The molecule has 3 N–H and O–H groups in total. The van der Waals surface area contributed by atoms with Gasteiger partial charge in [0.15, 0.2) is 0 Å². The molecule has 0 bridgehead atoms. The average Bonchev–Trinajstić information content (AvgIpc) is 2.24. The molecule has 0 unspecified atom stereocenters. The maximum atomic E-state index is 9.12. The summed E-state index contributed by atoms with van der Waals surface area (Å²) >= 11 is 0. The van der Waals surface area contributed by atoms with E-state index in [1.165, 1.54) is 0 Å². The lowest BCUT2D eigenvalue weighted by Crippen LogP contribution is -2.30. The molecule has 0 radical (unpaired) electrons. The van der Waals surface area contributed by atoms with Gasteiger partial charge in [0.1, 0.15) is 0 Å². The molecule has 0 aliphatic rings. The van der Waals surface area contributed by atoms with Crippen molar-refractivity contribution in [3.8, 4) is 0 Å². The lowest BCUT2D eigenvalue weighted by Gasteiger charge is -2.27. The van der Waals surface area contributed by atoms with Crippen molar-refractivity contribution in [2.24, 2.45) is 5.41 Å². The molecule has 0 amide bonds. The predicted octanol–water partition coefficient (Wildman–Crippen LogP) is 0.157. The average molecular weight is 206 g/mol. The second-order valence-corrected chi connectivity index (χ2v) is 3.61. The minimum absolute atomic E-state index is 0.0106. The van der Waals surface area contributed by atoms with Crippen LogP contribution in [0, 0.1) is 5.41 Å². The van der Waals surface area contributed by atoms with E-state index in [1.54, 1.807) is 0 Å². The van der Waals surface area contributed by atoms with Crippen LogP contribution in [-0.4, -0.2) is 48.4 Å². The summed E-state index contributed by atoms with van der Waals surface area (Å²) in [6, 6.07) is 0. The van der Waals surface area contributed by atoms with Gasteiger partial charge in [-0.1, -0.05) is 6.92 Å². The molecule has 4 heteroatoms. The molecule has 0 saturated carbocycles. The molecule has 0 fully saturated rings. The highest BCUT2D eigenvalue weighted by Gasteiger charge is 2.25. The molecule has 14 heavy (non-hydrogen) atoms. The monoisotopic (exact) mass is 206 g/mol. The van der Waals surface area contributed by atoms with Crippen LogP contribution < -0.4 is 0 Å². The Kier molecular flexibility index (Phi) is 8.08. The predicted molar refractivity (Wildman–Crippen MR) is 54.0 cm³/mol. The fraction of sp³-hybridized carbons (Fsp3) is 1.00. The highest BCUT2D eigenvalue weighted by atomic mass is 16.5. The quantitative estimate of drug-likeness (QED) is 0.470. The summed E-state index contributed by atoms with van der Waals surface area (Å²) in [6.07, 6.45) is 2.03. The van der Waals surface area contributed by atoms with E-state index in [9.17, 15) is 0 Å². The summed E-state index contributed by atoms with van der Waals surface area (Å²) in [7, 11) is 0. The first kappa shape index (κ1) is 13.8. The van der Waals surface area contributed by atoms with Crippen molar-refractivity contribution in [3.63, 3.8) is 0 Å². The van der Waals surface area contributed by atoms with Crippen LogP contribution in [0.5, 0.6) is 0 Å². The fourth-order valence-electron chi connectivity index (χ4n) is 1.17. The maximum absolute atomic E-state index is 9.12. The van der Waals surface area contributed by atoms with Crippen LogP contribution in [0.15, 0.2) is 0 Å². The zero-order valence-electron chi connectivity index (χ0n) is 8.91. The molecule has 0 aromatic heterocycles. The molecule has 0 heterocycles. The first-order valence-electron chi connectivity index (χ1n) is 5.15. The summed E-state index contributed by atoms with van der Waals surface area (Å²) in [5.41, 5.74) is -0.404. The van der Waals surface area contributed by atoms with E-state index < -0.39 is 5.41 Å². The van der Waals surface area contributed by atoms with Gasteiger partial charge < -0.3 is 20.1 Å². The number of aliphatic hydroxyl groups is 3. The zero-order valence-corrected chi connectivity index (χ0v) is 8.91. The molecule has 4 nitrogen and oxygen atoms in total. The van der Waals surface area contributed by atoms with Crippen LogP contribution in [0.2, 0.25) is 0 Å². The van der Waals surface area contributed by atoms with Crippen molar-refractivity contribution in [1.29, 1.82) is 0 Å². The van der Waals surface area contributed by atoms with Gasteiger partial charge in [-0.25, -0.2) is 0 Å². The van der Waals surface area contributed by atoms with E-state index in [-0.39, 0.29) is 19.8 Å². The van der Waals surface area contributed by atoms with Crippen LogP contribution in [0.25, 0.3) is 0 Å². The molecule has 86 valence electrons. The second-order valence-electron chi connectivity index (χ2n) is 3.61. The fourth-order valence-corrected chi connectivity index (χ4v) is 1.17. The molecule has 0 aliphatic carbocycles. The molecule has 0 saturated heterocycles. The molecular formula is C10H22O4. The van der Waals surface area contributed by atoms with Gasteiger partial charge in [0, 0.05) is 25.2 Å². The third kappa shape index (κ3) is 4.91. The van der Waals surface area contributed by atoms with Gasteiger partial charge in [0.05, 0.1) is 13.2 Å². The summed E-state index contributed by atoms with van der Waals surface area (Å²) in [4.78, 5) is 0. The van der Waals surface area contributed by atoms with Crippen molar-refractivity contribution in [3.05, 3.63) is 0 Å². The van der Waals surface area contributed by atoms with Gasteiger partial charge in [-0.05, 0) is 19.3 Å². The Hall–Kier alpha value is -0.160. The lowest BCUT2D eigenvalue weighted by molar-refractivity contribution is 0.0113. The molecule has 0 aromatic carbocycles. The minimum Gasteiger partial charge on any atom is -0.396 e. The standard InChI is InChI=1S/C10H22O4/c1-2-10(8-12,9-13)4-7-14-6-3-5-11/h11-13H,2-9H2,1H3. The third-order valence-electron chi connectivity index (χ3n) is 2.64. The van der Waals surface area contributed by atoms with Crippen LogP contribution >= 0.6 is 0 Å². The van der Waals surface area contributed by atoms with E-state index >= 15 is 0 Å². The largest absolute Gasteiger partial charge is 0.396 e. The highest BCUT2D eigenvalue weighted by Crippen LogP contribution is 2.24. The lowest BCUT2D eigenvalue weighted by atomic mass is 9.84. The summed E-state index contributed by atoms with van der Waals surface area (Å²) in [6.45, 7) is 3.12. The first-order valence-corrected chi connectivity index (χ1v) is 5.15. The minimum atomic E-state index is -0.404. The van der Waals surface area contributed by atoms with E-state index in [4.69, 9.17) is 20.1 Å².